The lowest BCUT2D eigenvalue weighted by molar-refractivity contribution is -0.146. The SMILES string of the molecule is CCOC(=O)C1(c2ccc(-c3ccc(-c4onc(C)c4Nc4cccc(Oc5ccccc5)c4)cc3)cc2)CC1. The number of esters is 1. The van der Waals surface area contributed by atoms with Crippen molar-refractivity contribution in [2.24, 2.45) is 0 Å². The molecular weight excluding hydrogens is 500 g/mol. The predicted octanol–water partition coefficient (Wildman–Crippen LogP) is 8.45. The first-order chi connectivity index (χ1) is 19.6. The summed E-state index contributed by atoms with van der Waals surface area (Å²) in [6.07, 6.45) is 1.69. The molecule has 1 N–H and O–H groups in total. The minimum atomic E-state index is -0.459. The average molecular weight is 531 g/mol. The van der Waals surface area contributed by atoms with Crippen LogP contribution in [-0.4, -0.2) is 17.7 Å². The number of carbonyl (C=O) groups is 1. The van der Waals surface area contributed by atoms with Gasteiger partial charge in [-0.3, -0.25) is 4.79 Å². The topological polar surface area (TPSA) is 73.6 Å². The van der Waals surface area contributed by atoms with Gasteiger partial charge in [-0.2, -0.15) is 0 Å². The molecule has 40 heavy (non-hydrogen) atoms. The number of aromatic nitrogens is 1. The summed E-state index contributed by atoms with van der Waals surface area (Å²) >= 11 is 0. The first-order valence-electron chi connectivity index (χ1n) is 13.5. The molecule has 0 bridgehead atoms. The Kier molecular flexibility index (Phi) is 6.83. The van der Waals surface area contributed by atoms with E-state index in [4.69, 9.17) is 14.0 Å². The van der Waals surface area contributed by atoms with E-state index >= 15 is 0 Å². The van der Waals surface area contributed by atoms with Crippen molar-refractivity contribution in [2.45, 2.75) is 32.1 Å². The molecule has 200 valence electrons. The van der Waals surface area contributed by atoms with Gasteiger partial charge in [0.05, 0.1) is 12.0 Å². The maximum Gasteiger partial charge on any atom is 0.316 e. The second-order valence-electron chi connectivity index (χ2n) is 10.00. The van der Waals surface area contributed by atoms with Gasteiger partial charge in [0.1, 0.15) is 22.9 Å². The smallest absolute Gasteiger partial charge is 0.316 e. The van der Waals surface area contributed by atoms with E-state index in [9.17, 15) is 4.79 Å². The minimum absolute atomic E-state index is 0.116. The Morgan fingerprint density at radius 3 is 2.17 bits per heavy atom. The van der Waals surface area contributed by atoms with E-state index in [1.165, 1.54) is 0 Å². The molecule has 0 radical (unpaired) electrons. The molecule has 0 spiro atoms. The van der Waals surface area contributed by atoms with Crippen LogP contribution in [-0.2, 0) is 14.9 Å². The van der Waals surface area contributed by atoms with E-state index < -0.39 is 5.41 Å². The molecule has 0 atom stereocenters. The third-order valence-corrected chi connectivity index (χ3v) is 7.28. The Labute approximate surface area is 233 Å². The van der Waals surface area contributed by atoms with Crippen molar-refractivity contribution in [3.63, 3.8) is 0 Å². The fourth-order valence-electron chi connectivity index (χ4n) is 4.92. The Bertz CT molecular complexity index is 1620. The molecule has 0 amide bonds. The first kappa shape index (κ1) is 25.4. The van der Waals surface area contributed by atoms with Crippen molar-refractivity contribution < 1.29 is 18.8 Å². The number of aryl methyl sites for hydroxylation is 1. The Morgan fingerprint density at radius 1 is 0.850 bits per heavy atom. The number of rotatable bonds is 9. The summed E-state index contributed by atoms with van der Waals surface area (Å²) in [6.45, 7) is 4.17. The molecule has 1 saturated carbocycles. The number of carbonyl (C=O) groups excluding carboxylic acids is 1. The zero-order valence-corrected chi connectivity index (χ0v) is 22.5. The highest BCUT2D eigenvalue weighted by Gasteiger charge is 2.52. The number of ether oxygens (including phenoxy) is 2. The maximum absolute atomic E-state index is 12.4. The van der Waals surface area contributed by atoms with Crippen molar-refractivity contribution in [3.8, 4) is 33.9 Å². The highest BCUT2D eigenvalue weighted by Crippen LogP contribution is 2.49. The Hall–Kier alpha value is -4.84. The second-order valence-corrected chi connectivity index (χ2v) is 10.00. The predicted molar refractivity (Wildman–Crippen MR) is 156 cm³/mol. The highest BCUT2D eigenvalue weighted by atomic mass is 16.5. The molecule has 1 heterocycles. The number of hydrogen-bond donors (Lipinski definition) is 1. The van der Waals surface area contributed by atoms with Gasteiger partial charge >= 0.3 is 5.97 Å². The first-order valence-corrected chi connectivity index (χ1v) is 13.5. The van der Waals surface area contributed by atoms with Crippen molar-refractivity contribution in [1.29, 1.82) is 0 Å². The number of benzene rings is 4. The quantitative estimate of drug-likeness (QED) is 0.193. The lowest BCUT2D eigenvalue weighted by atomic mass is 9.93. The summed E-state index contributed by atoms with van der Waals surface area (Å²) in [5, 5.41) is 7.68. The van der Waals surface area contributed by atoms with Crippen molar-refractivity contribution in [2.75, 3.05) is 11.9 Å². The van der Waals surface area contributed by atoms with Gasteiger partial charge in [0.25, 0.3) is 0 Å². The Balaban J connectivity index is 1.19. The van der Waals surface area contributed by atoms with Crippen molar-refractivity contribution in [1.82, 2.24) is 5.16 Å². The molecule has 1 aliphatic carbocycles. The molecule has 6 nitrogen and oxygen atoms in total. The summed E-state index contributed by atoms with van der Waals surface area (Å²) in [5.41, 5.74) is 6.08. The Morgan fingerprint density at radius 2 is 1.50 bits per heavy atom. The summed E-state index contributed by atoms with van der Waals surface area (Å²) < 4.78 is 17.0. The van der Waals surface area contributed by atoms with Crippen LogP contribution < -0.4 is 10.1 Å². The van der Waals surface area contributed by atoms with Crippen LogP contribution >= 0.6 is 0 Å². The summed E-state index contributed by atoms with van der Waals surface area (Å²) in [4.78, 5) is 12.4. The molecule has 0 aliphatic heterocycles. The van der Waals surface area contributed by atoms with Gasteiger partial charge in [-0.25, -0.2) is 0 Å². The van der Waals surface area contributed by atoms with Crippen LogP contribution in [0.3, 0.4) is 0 Å². The third-order valence-electron chi connectivity index (χ3n) is 7.28. The van der Waals surface area contributed by atoms with Crippen molar-refractivity contribution >= 4 is 17.3 Å². The fraction of sp³-hybridized carbons (Fsp3) is 0.176. The second kappa shape index (κ2) is 10.7. The van der Waals surface area contributed by atoms with Crippen LogP contribution in [0.2, 0.25) is 0 Å². The molecule has 6 rings (SSSR count). The maximum atomic E-state index is 12.4. The molecule has 5 aromatic rings. The van der Waals surface area contributed by atoms with Gasteiger partial charge in [0.15, 0.2) is 5.76 Å². The molecule has 6 heteroatoms. The normalized spacial score (nSPS) is 13.4. The lowest BCUT2D eigenvalue weighted by Gasteiger charge is -2.14. The van der Waals surface area contributed by atoms with E-state index in [2.05, 4.69) is 34.7 Å². The van der Waals surface area contributed by atoms with Crippen LogP contribution in [0.5, 0.6) is 11.5 Å². The number of hydrogen-bond acceptors (Lipinski definition) is 6. The highest BCUT2D eigenvalue weighted by molar-refractivity contribution is 5.87. The third kappa shape index (κ3) is 5.08. The zero-order valence-electron chi connectivity index (χ0n) is 22.5. The van der Waals surface area contributed by atoms with Crippen molar-refractivity contribution in [3.05, 3.63) is 114 Å². The molecule has 4 aromatic carbocycles. The number of anilines is 2. The fourth-order valence-corrected chi connectivity index (χ4v) is 4.92. The molecule has 1 fully saturated rings. The van der Waals surface area contributed by atoms with Crippen LogP contribution in [0.15, 0.2) is 108 Å². The number of nitrogens with one attached hydrogen (secondary N) is 1. The largest absolute Gasteiger partial charge is 0.465 e. The van der Waals surface area contributed by atoms with E-state index in [0.29, 0.717) is 12.4 Å². The lowest BCUT2D eigenvalue weighted by Crippen LogP contribution is -2.23. The van der Waals surface area contributed by atoms with Crippen LogP contribution in [0.25, 0.3) is 22.5 Å². The molecular formula is C34H30N2O4. The van der Waals surface area contributed by atoms with Gasteiger partial charge in [0.2, 0.25) is 0 Å². The molecule has 0 saturated heterocycles. The molecule has 0 unspecified atom stereocenters. The molecule has 1 aromatic heterocycles. The van der Waals surface area contributed by atoms with Gasteiger partial charge in [-0.1, -0.05) is 78.0 Å². The van der Waals surface area contributed by atoms with E-state index in [0.717, 1.165) is 63.7 Å². The summed E-state index contributed by atoms with van der Waals surface area (Å²) in [6, 6.07) is 33.9. The standard InChI is InChI=1S/C34H30N2O4/c1-3-38-33(37)34(20-21-34)27-18-16-25(17-19-27)24-12-14-26(15-13-24)32-31(23(2)36-40-32)35-28-8-7-11-30(22-28)39-29-9-5-4-6-10-29/h4-19,22,35H,3,20-21H2,1-2H3. The van der Waals surface area contributed by atoms with Gasteiger partial charge in [0, 0.05) is 17.3 Å². The van der Waals surface area contributed by atoms with Crippen LogP contribution in [0.4, 0.5) is 11.4 Å². The monoisotopic (exact) mass is 530 g/mol. The number of nitrogens with zero attached hydrogens (tertiary/aromatic N) is 1. The average Bonchev–Trinajstić information content (AvgIpc) is 3.73. The zero-order chi connectivity index (χ0) is 27.5. The summed E-state index contributed by atoms with van der Waals surface area (Å²) in [7, 11) is 0. The minimum Gasteiger partial charge on any atom is -0.465 e. The molecule has 1 aliphatic rings. The van der Waals surface area contributed by atoms with Gasteiger partial charge in [-0.05, 0) is 67.6 Å². The summed E-state index contributed by atoms with van der Waals surface area (Å²) in [5.74, 6) is 2.06. The van der Waals surface area contributed by atoms with E-state index in [-0.39, 0.29) is 5.97 Å². The van der Waals surface area contributed by atoms with E-state index in [1.54, 1.807) is 0 Å². The van der Waals surface area contributed by atoms with Crippen LogP contribution in [0.1, 0.15) is 31.0 Å². The van der Waals surface area contributed by atoms with Crippen LogP contribution in [0, 0.1) is 6.92 Å². The van der Waals surface area contributed by atoms with E-state index in [1.807, 2.05) is 92.7 Å². The van der Waals surface area contributed by atoms with Gasteiger partial charge < -0.3 is 19.3 Å². The van der Waals surface area contributed by atoms with Gasteiger partial charge in [-0.15, -0.1) is 0 Å². The number of para-hydroxylation sites is 1.